The zero-order valence-corrected chi connectivity index (χ0v) is 6.88. The van der Waals surface area contributed by atoms with Gasteiger partial charge in [0.25, 0.3) is 0 Å². The summed E-state index contributed by atoms with van der Waals surface area (Å²) in [5.74, 6) is -3.53. The number of carboxylic acids is 2. The van der Waals surface area contributed by atoms with E-state index in [1.807, 2.05) is 12.2 Å². The van der Waals surface area contributed by atoms with Crippen LogP contribution in [0.25, 0.3) is 0 Å². The van der Waals surface area contributed by atoms with Crippen molar-refractivity contribution in [3.8, 4) is 0 Å². The molecular weight excluding hydrogens is 172 g/mol. The molecule has 0 unspecified atom stereocenters. The second-order valence-corrected chi connectivity index (χ2v) is 3.68. The summed E-state index contributed by atoms with van der Waals surface area (Å²) in [6.45, 7) is 0. The molecule has 2 aliphatic rings. The minimum absolute atomic E-state index is 0.0661. The average molecular weight is 182 g/mol. The highest BCUT2D eigenvalue weighted by molar-refractivity contribution is 5.82. The van der Waals surface area contributed by atoms with Crippen molar-refractivity contribution in [2.75, 3.05) is 0 Å². The summed E-state index contributed by atoms with van der Waals surface area (Å²) in [5, 5.41) is 17.7. The molecular formula is C9H10O4. The molecule has 2 aliphatic carbocycles. The molecule has 2 N–H and O–H groups in total. The van der Waals surface area contributed by atoms with Gasteiger partial charge in [-0.3, -0.25) is 9.59 Å². The average Bonchev–Trinajstić information content (AvgIpc) is 2.60. The summed E-state index contributed by atoms with van der Waals surface area (Å²) < 4.78 is 0. The molecule has 0 saturated heterocycles. The van der Waals surface area contributed by atoms with Crippen LogP contribution in [0.3, 0.4) is 0 Å². The van der Waals surface area contributed by atoms with Crippen molar-refractivity contribution >= 4 is 11.9 Å². The molecule has 0 aromatic carbocycles. The molecule has 70 valence electrons. The van der Waals surface area contributed by atoms with Gasteiger partial charge in [-0.2, -0.15) is 0 Å². The predicted molar refractivity (Wildman–Crippen MR) is 43.0 cm³/mol. The summed E-state index contributed by atoms with van der Waals surface area (Å²) in [6.07, 6.45) is 4.36. The number of aliphatic carboxylic acids is 2. The molecule has 0 aromatic heterocycles. The standard InChI is InChI=1S/C9H10O4/c10-8(11)6-4-1-2-5(3-4)7(6)9(12)13/h1-2,4-7H,3H2,(H,10,11)(H,12,13)/t4-,5+,6-,7+. The van der Waals surface area contributed by atoms with Gasteiger partial charge in [0.2, 0.25) is 0 Å². The first-order chi connectivity index (χ1) is 6.11. The lowest BCUT2D eigenvalue weighted by atomic mass is 9.83. The fourth-order valence-corrected chi connectivity index (χ4v) is 2.50. The van der Waals surface area contributed by atoms with Gasteiger partial charge in [0.1, 0.15) is 0 Å². The molecule has 0 spiro atoms. The molecule has 1 fully saturated rings. The number of rotatable bonds is 2. The van der Waals surface area contributed by atoms with E-state index in [1.165, 1.54) is 0 Å². The largest absolute Gasteiger partial charge is 0.481 e. The van der Waals surface area contributed by atoms with Gasteiger partial charge in [0, 0.05) is 0 Å². The van der Waals surface area contributed by atoms with Gasteiger partial charge in [0.15, 0.2) is 0 Å². The Bertz CT molecular complexity index is 266. The first-order valence-corrected chi connectivity index (χ1v) is 4.25. The lowest BCUT2D eigenvalue weighted by molar-refractivity contribution is -0.154. The fraction of sp³-hybridized carbons (Fsp3) is 0.556. The molecule has 0 radical (unpaired) electrons. The Hall–Kier alpha value is -1.32. The van der Waals surface area contributed by atoms with Crippen LogP contribution in [0.4, 0.5) is 0 Å². The summed E-state index contributed by atoms with van der Waals surface area (Å²) >= 11 is 0. The van der Waals surface area contributed by atoms with Gasteiger partial charge in [-0.25, -0.2) is 0 Å². The molecule has 0 aliphatic heterocycles. The summed E-state index contributed by atoms with van der Waals surface area (Å²) in [4.78, 5) is 21.6. The maximum atomic E-state index is 10.8. The van der Waals surface area contributed by atoms with E-state index in [4.69, 9.17) is 10.2 Å². The minimum Gasteiger partial charge on any atom is -0.481 e. The molecule has 0 heterocycles. The Morgan fingerprint density at radius 2 is 1.38 bits per heavy atom. The fourth-order valence-electron chi connectivity index (χ4n) is 2.50. The van der Waals surface area contributed by atoms with Crippen LogP contribution < -0.4 is 0 Å². The number of fused-ring (bicyclic) bond motifs is 2. The van der Waals surface area contributed by atoms with Crippen molar-refractivity contribution < 1.29 is 19.8 Å². The second-order valence-electron chi connectivity index (χ2n) is 3.68. The third kappa shape index (κ3) is 1.05. The van der Waals surface area contributed by atoms with Crippen LogP contribution in [0.1, 0.15) is 6.42 Å². The first kappa shape index (κ1) is 8.29. The van der Waals surface area contributed by atoms with Crippen LogP contribution in [0, 0.1) is 23.7 Å². The quantitative estimate of drug-likeness (QED) is 0.613. The van der Waals surface area contributed by atoms with Crippen LogP contribution in [0.15, 0.2) is 12.2 Å². The normalized spacial score (nSPS) is 40.9. The maximum absolute atomic E-state index is 10.8. The van der Waals surface area contributed by atoms with Gasteiger partial charge in [-0.15, -0.1) is 0 Å². The van der Waals surface area contributed by atoms with E-state index >= 15 is 0 Å². The van der Waals surface area contributed by atoms with Gasteiger partial charge >= 0.3 is 11.9 Å². The highest BCUT2D eigenvalue weighted by atomic mass is 16.4. The van der Waals surface area contributed by atoms with E-state index in [-0.39, 0.29) is 11.8 Å². The molecule has 4 heteroatoms. The van der Waals surface area contributed by atoms with Crippen LogP contribution >= 0.6 is 0 Å². The SMILES string of the molecule is O=C(O)[C@@H]1[C@H](C(=O)O)[C@@H]2C=C[C@H]1C2. The van der Waals surface area contributed by atoms with E-state index in [1.54, 1.807) is 0 Å². The van der Waals surface area contributed by atoms with Crippen molar-refractivity contribution in [2.45, 2.75) is 6.42 Å². The Labute approximate surface area is 74.9 Å². The topological polar surface area (TPSA) is 74.6 Å². The van der Waals surface area contributed by atoms with Crippen LogP contribution in [-0.2, 0) is 9.59 Å². The molecule has 2 rings (SSSR count). The Balaban J connectivity index is 2.30. The van der Waals surface area contributed by atoms with Gasteiger partial charge < -0.3 is 10.2 Å². The summed E-state index contributed by atoms with van der Waals surface area (Å²) in [6, 6.07) is 0. The van der Waals surface area contributed by atoms with Crippen molar-refractivity contribution in [1.82, 2.24) is 0 Å². The summed E-state index contributed by atoms with van der Waals surface area (Å²) in [5.41, 5.74) is 0. The molecule has 4 atom stereocenters. The smallest absolute Gasteiger partial charge is 0.307 e. The number of hydrogen-bond acceptors (Lipinski definition) is 2. The molecule has 4 nitrogen and oxygen atoms in total. The summed E-state index contributed by atoms with van der Waals surface area (Å²) in [7, 11) is 0. The van der Waals surface area contributed by atoms with E-state index < -0.39 is 23.8 Å². The molecule has 13 heavy (non-hydrogen) atoms. The van der Waals surface area contributed by atoms with Crippen molar-refractivity contribution in [3.05, 3.63) is 12.2 Å². The van der Waals surface area contributed by atoms with E-state index in [2.05, 4.69) is 0 Å². The Morgan fingerprint density at radius 1 is 1.00 bits per heavy atom. The molecule has 1 saturated carbocycles. The highest BCUT2D eigenvalue weighted by Gasteiger charge is 2.51. The monoisotopic (exact) mass is 182 g/mol. The minimum atomic E-state index is -0.982. The van der Waals surface area contributed by atoms with E-state index in [0.717, 1.165) is 0 Å². The van der Waals surface area contributed by atoms with Crippen LogP contribution in [-0.4, -0.2) is 22.2 Å². The molecule has 0 aromatic rings. The van der Waals surface area contributed by atoms with Gasteiger partial charge in [-0.1, -0.05) is 12.2 Å². The number of allylic oxidation sites excluding steroid dienone is 2. The van der Waals surface area contributed by atoms with Gasteiger partial charge in [-0.05, 0) is 18.3 Å². The second kappa shape index (κ2) is 2.58. The lowest BCUT2D eigenvalue weighted by Gasteiger charge is -2.20. The lowest BCUT2D eigenvalue weighted by Crippen LogP contribution is -2.32. The molecule has 2 bridgehead atoms. The first-order valence-electron chi connectivity index (χ1n) is 4.25. The predicted octanol–water partition coefficient (Wildman–Crippen LogP) is 0.594. The van der Waals surface area contributed by atoms with Crippen LogP contribution in [0.5, 0.6) is 0 Å². The number of carboxylic acid groups (broad SMARTS) is 2. The number of carbonyl (C=O) groups is 2. The highest BCUT2D eigenvalue weighted by Crippen LogP contribution is 2.48. The van der Waals surface area contributed by atoms with E-state index in [0.29, 0.717) is 6.42 Å². The number of hydrogen-bond donors (Lipinski definition) is 2. The van der Waals surface area contributed by atoms with E-state index in [9.17, 15) is 9.59 Å². The zero-order chi connectivity index (χ0) is 9.59. The van der Waals surface area contributed by atoms with Gasteiger partial charge in [0.05, 0.1) is 11.8 Å². The van der Waals surface area contributed by atoms with Crippen molar-refractivity contribution in [2.24, 2.45) is 23.7 Å². The molecule has 0 amide bonds. The Kier molecular flexibility index (Phi) is 1.65. The van der Waals surface area contributed by atoms with Crippen molar-refractivity contribution in [1.29, 1.82) is 0 Å². The zero-order valence-electron chi connectivity index (χ0n) is 6.88. The third-order valence-electron chi connectivity index (χ3n) is 3.03. The van der Waals surface area contributed by atoms with Crippen molar-refractivity contribution in [3.63, 3.8) is 0 Å². The Morgan fingerprint density at radius 3 is 1.69 bits per heavy atom. The maximum Gasteiger partial charge on any atom is 0.307 e. The van der Waals surface area contributed by atoms with Crippen LogP contribution in [0.2, 0.25) is 0 Å². The third-order valence-corrected chi connectivity index (χ3v) is 3.03.